The Labute approximate surface area is 225 Å². The van der Waals surface area contributed by atoms with Crippen LogP contribution in [0.15, 0.2) is 53.0 Å². The molecule has 2 N–H and O–H groups in total. The van der Waals surface area contributed by atoms with Gasteiger partial charge in [-0.3, -0.25) is 0 Å². The summed E-state index contributed by atoms with van der Waals surface area (Å²) in [6.07, 6.45) is 5.67. The number of piperidine rings is 1. The Bertz CT molecular complexity index is 950. The summed E-state index contributed by atoms with van der Waals surface area (Å²) in [7, 11) is -0.303. The van der Waals surface area contributed by atoms with Gasteiger partial charge in [-0.2, -0.15) is 0 Å². The molecule has 5 rings (SSSR count). The third-order valence-electron chi connectivity index (χ3n) is 8.29. The number of rotatable bonds is 3. The molecule has 0 atom stereocenters. The SMILES string of the molecule is CC1(C)OB(c2ccc(N3CCC(O)CC3)cc2)OC1(C)C.OC1CCC(c2ccc(Br)cc2)CC1. The highest BCUT2D eigenvalue weighted by molar-refractivity contribution is 9.10. The van der Waals surface area contributed by atoms with Gasteiger partial charge in [-0.1, -0.05) is 40.2 Å². The molecule has 0 bridgehead atoms. The van der Waals surface area contributed by atoms with Crippen molar-refractivity contribution >= 4 is 34.2 Å². The standard InChI is InChI=1S/C17H26BNO3.C12H15BrO/c1-16(2)17(3,4)22-18(21-16)13-5-7-14(8-6-13)19-11-9-15(20)10-12-19;13-11-5-1-9(2-6-11)10-3-7-12(14)8-4-10/h5-8,15,20H,9-12H2,1-4H3;1-2,5-6,10,12,14H,3-4,7-8H2. The number of nitrogens with zero attached hydrogens (tertiary/aromatic N) is 1. The van der Waals surface area contributed by atoms with Crippen molar-refractivity contribution in [3.63, 3.8) is 0 Å². The van der Waals surface area contributed by atoms with E-state index in [2.05, 4.69) is 97.1 Å². The summed E-state index contributed by atoms with van der Waals surface area (Å²) in [5, 5.41) is 19.0. The molecule has 2 aromatic rings. The lowest BCUT2D eigenvalue weighted by Gasteiger charge is -2.32. The summed E-state index contributed by atoms with van der Waals surface area (Å²) >= 11 is 3.44. The highest BCUT2D eigenvalue weighted by Crippen LogP contribution is 2.36. The van der Waals surface area contributed by atoms with Gasteiger partial charge in [0.2, 0.25) is 0 Å². The summed E-state index contributed by atoms with van der Waals surface area (Å²) in [6.45, 7) is 10.1. The van der Waals surface area contributed by atoms with Crippen molar-refractivity contribution in [3.8, 4) is 0 Å². The van der Waals surface area contributed by atoms with Gasteiger partial charge in [0.25, 0.3) is 0 Å². The van der Waals surface area contributed by atoms with E-state index >= 15 is 0 Å². The molecule has 0 unspecified atom stereocenters. The molecule has 2 aliphatic heterocycles. The quantitative estimate of drug-likeness (QED) is 0.494. The van der Waals surface area contributed by atoms with Gasteiger partial charge in [0, 0.05) is 23.2 Å². The molecule has 0 amide bonds. The molecule has 196 valence electrons. The average molecular weight is 558 g/mol. The molecule has 3 aliphatic rings. The number of anilines is 1. The Morgan fingerprint density at radius 2 is 1.25 bits per heavy atom. The fourth-order valence-corrected chi connectivity index (χ4v) is 5.35. The van der Waals surface area contributed by atoms with Crippen molar-refractivity contribution in [3.05, 3.63) is 58.6 Å². The lowest BCUT2D eigenvalue weighted by Crippen LogP contribution is -2.41. The number of hydrogen-bond acceptors (Lipinski definition) is 5. The number of hydrogen-bond donors (Lipinski definition) is 2. The Morgan fingerprint density at radius 3 is 1.78 bits per heavy atom. The minimum absolute atomic E-state index is 0.0540. The van der Waals surface area contributed by atoms with Crippen LogP contribution in [0.5, 0.6) is 0 Å². The molecule has 1 saturated carbocycles. The van der Waals surface area contributed by atoms with Crippen LogP contribution in [0.25, 0.3) is 0 Å². The monoisotopic (exact) mass is 557 g/mol. The van der Waals surface area contributed by atoms with E-state index in [0.29, 0.717) is 5.92 Å². The summed E-state index contributed by atoms with van der Waals surface area (Å²) in [4.78, 5) is 2.32. The lowest BCUT2D eigenvalue weighted by molar-refractivity contribution is 0.00578. The van der Waals surface area contributed by atoms with Gasteiger partial charge < -0.3 is 24.4 Å². The minimum atomic E-state index is -0.306. The van der Waals surface area contributed by atoms with Crippen LogP contribution in [0.2, 0.25) is 0 Å². The third kappa shape index (κ3) is 6.73. The first-order chi connectivity index (χ1) is 17.0. The van der Waals surface area contributed by atoms with E-state index in [1.807, 2.05) is 0 Å². The molecule has 0 aromatic heterocycles. The first kappa shape index (κ1) is 27.7. The van der Waals surface area contributed by atoms with Crippen LogP contribution in [0.3, 0.4) is 0 Å². The van der Waals surface area contributed by atoms with Gasteiger partial charge in [0.05, 0.1) is 23.4 Å². The van der Waals surface area contributed by atoms with Crippen LogP contribution in [0.4, 0.5) is 5.69 Å². The number of aliphatic hydroxyl groups excluding tert-OH is 2. The van der Waals surface area contributed by atoms with Crippen molar-refractivity contribution in [2.24, 2.45) is 0 Å². The van der Waals surface area contributed by atoms with E-state index in [1.165, 1.54) is 11.3 Å². The maximum Gasteiger partial charge on any atom is 0.494 e. The molecule has 36 heavy (non-hydrogen) atoms. The number of aliphatic hydroxyl groups is 2. The zero-order valence-electron chi connectivity index (χ0n) is 22.1. The van der Waals surface area contributed by atoms with Gasteiger partial charge >= 0.3 is 7.12 Å². The summed E-state index contributed by atoms with van der Waals surface area (Å²) in [5.41, 5.74) is 3.06. The van der Waals surface area contributed by atoms with Crippen LogP contribution < -0.4 is 10.4 Å². The van der Waals surface area contributed by atoms with Crippen LogP contribution in [0.1, 0.15) is 77.7 Å². The molecular weight excluding hydrogens is 517 g/mol. The van der Waals surface area contributed by atoms with Gasteiger partial charge in [-0.25, -0.2) is 0 Å². The second-order valence-electron chi connectivity index (χ2n) is 11.5. The van der Waals surface area contributed by atoms with Crippen molar-refractivity contribution < 1.29 is 19.5 Å². The van der Waals surface area contributed by atoms with Gasteiger partial charge in [-0.15, -0.1) is 0 Å². The summed E-state index contributed by atoms with van der Waals surface area (Å²) in [6, 6.07) is 17.0. The number of halogens is 1. The highest BCUT2D eigenvalue weighted by atomic mass is 79.9. The first-order valence-corrected chi connectivity index (χ1v) is 14.2. The molecular formula is C29H41BBrNO4. The summed E-state index contributed by atoms with van der Waals surface area (Å²) in [5.74, 6) is 0.659. The molecule has 2 aromatic carbocycles. The van der Waals surface area contributed by atoms with Crippen molar-refractivity contribution in [2.45, 2.75) is 95.5 Å². The molecule has 5 nitrogen and oxygen atoms in total. The van der Waals surface area contributed by atoms with Gasteiger partial charge in [0.1, 0.15) is 0 Å². The minimum Gasteiger partial charge on any atom is -0.399 e. The molecule has 7 heteroatoms. The second kappa shape index (κ2) is 11.6. The zero-order valence-corrected chi connectivity index (χ0v) is 23.7. The number of benzene rings is 2. The Kier molecular flexibility index (Phi) is 8.89. The van der Waals surface area contributed by atoms with Crippen molar-refractivity contribution in [1.82, 2.24) is 0 Å². The fraction of sp³-hybridized carbons (Fsp3) is 0.586. The van der Waals surface area contributed by atoms with E-state index in [-0.39, 0.29) is 30.5 Å². The van der Waals surface area contributed by atoms with Crippen molar-refractivity contribution in [2.75, 3.05) is 18.0 Å². The van der Waals surface area contributed by atoms with Crippen LogP contribution >= 0.6 is 15.9 Å². The van der Waals surface area contributed by atoms with E-state index in [0.717, 1.165) is 61.5 Å². The highest BCUT2D eigenvalue weighted by Gasteiger charge is 2.51. The maximum absolute atomic E-state index is 9.60. The Hall–Kier alpha value is -1.38. The predicted octanol–water partition coefficient (Wildman–Crippen LogP) is 5.41. The molecule has 0 spiro atoms. The molecule has 3 fully saturated rings. The van der Waals surface area contributed by atoms with Gasteiger partial charge in [0.15, 0.2) is 0 Å². The summed E-state index contributed by atoms with van der Waals surface area (Å²) < 4.78 is 13.3. The molecule has 2 saturated heterocycles. The van der Waals surface area contributed by atoms with E-state index < -0.39 is 0 Å². The van der Waals surface area contributed by atoms with Crippen LogP contribution in [0, 0.1) is 0 Å². The zero-order chi connectivity index (χ0) is 25.9. The Morgan fingerprint density at radius 1 is 0.750 bits per heavy atom. The first-order valence-electron chi connectivity index (χ1n) is 13.4. The van der Waals surface area contributed by atoms with E-state index in [9.17, 15) is 10.2 Å². The van der Waals surface area contributed by atoms with Crippen molar-refractivity contribution in [1.29, 1.82) is 0 Å². The predicted molar refractivity (Wildman–Crippen MR) is 151 cm³/mol. The topological polar surface area (TPSA) is 62.2 Å². The van der Waals surface area contributed by atoms with Crippen LogP contribution in [-0.4, -0.2) is 53.8 Å². The fourth-order valence-electron chi connectivity index (χ4n) is 5.09. The van der Waals surface area contributed by atoms with E-state index in [1.54, 1.807) is 0 Å². The largest absolute Gasteiger partial charge is 0.494 e. The second-order valence-corrected chi connectivity index (χ2v) is 12.4. The van der Waals surface area contributed by atoms with Crippen LogP contribution in [-0.2, 0) is 9.31 Å². The third-order valence-corrected chi connectivity index (χ3v) is 8.81. The lowest BCUT2D eigenvalue weighted by atomic mass is 9.79. The Balaban J connectivity index is 0.000000187. The smallest absolute Gasteiger partial charge is 0.399 e. The normalized spacial score (nSPS) is 25.9. The van der Waals surface area contributed by atoms with Gasteiger partial charge in [-0.05, 0) is 107 Å². The molecule has 2 heterocycles. The molecule has 0 radical (unpaired) electrons. The van der Waals surface area contributed by atoms with E-state index in [4.69, 9.17) is 9.31 Å². The molecule has 1 aliphatic carbocycles. The average Bonchev–Trinajstić information content (AvgIpc) is 3.08. The maximum atomic E-state index is 9.60.